The second kappa shape index (κ2) is 5.18. The highest BCUT2D eigenvalue weighted by molar-refractivity contribution is 7.90. The van der Waals surface area contributed by atoms with Gasteiger partial charge in [0, 0.05) is 13.1 Å². The number of anilines is 1. The lowest BCUT2D eigenvalue weighted by Gasteiger charge is -2.31. The third-order valence-electron chi connectivity index (χ3n) is 3.06. The number of benzene rings is 1. The van der Waals surface area contributed by atoms with Crippen LogP contribution in [0.2, 0.25) is 0 Å². The van der Waals surface area contributed by atoms with Crippen molar-refractivity contribution in [3.8, 4) is 0 Å². The van der Waals surface area contributed by atoms with Gasteiger partial charge in [-0.1, -0.05) is 13.0 Å². The Balaban J connectivity index is 2.52. The third kappa shape index (κ3) is 2.57. The fourth-order valence-electron chi connectivity index (χ4n) is 2.30. The number of aromatic carboxylic acids is 1. The van der Waals surface area contributed by atoms with Crippen LogP contribution >= 0.6 is 0 Å². The molecular weight excluding hydrogens is 268 g/mol. The molecule has 0 saturated carbocycles. The Labute approximate surface area is 112 Å². The minimum atomic E-state index is -3.60. The van der Waals surface area contributed by atoms with Crippen molar-refractivity contribution in [1.82, 2.24) is 4.72 Å². The first-order chi connectivity index (χ1) is 8.97. The number of nitrogens with one attached hydrogen (secondary N) is 1. The summed E-state index contributed by atoms with van der Waals surface area (Å²) in [7, 11) is -3.60. The van der Waals surface area contributed by atoms with Gasteiger partial charge in [-0.05, 0) is 30.5 Å². The third-order valence-corrected chi connectivity index (χ3v) is 4.67. The van der Waals surface area contributed by atoms with E-state index in [1.54, 1.807) is 19.1 Å². The Bertz CT molecular complexity index is 598. The van der Waals surface area contributed by atoms with Crippen LogP contribution in [0.25, 0.3) is 0 Å². The highest BCUT2D eigenvalue weighted by atomic mass is 32.2. The fraction of sp³-hybridized carbons (Fsp3) is 0.417. The molecular formula is C12H16N2O4S. The van der Waals surface area contributed by atoms with Gasteiger partial charge in [0.25, 0.3) is 0 Å². The minimum Gasteiger partial charge on any atom is -0.478 e. The summed E-state index contributed by atoms with van der Waals surface area (Å²) >= 11 is 0. The van der Waals surface area contributed by atoms with Crippen LogP contribution in [0.4, 0.5) is 5.69 Å². The van der Waals surface area contributed by atoms with E-state index in [0.29, 0.717) is 37.2 Å². The predicted molar refractivity (Wildman–Crippen MR) is 71.7 cm³/mol. The van der Waals surface area contributed by atoms with Crippen molar-refractivity contribution in [1.29, 1.82) is 0 Å². The van der Waals surface area contributed by atoms with Crippen LogP contribution in [0.5, 0.6) is 0 Å². The molecule has 0 bridgehead atoms. The van der Waals surface area contributed by atoms with Crippen LogP contribution in [-0.2, 0) is 16.6 Å². The molecule has 0 aromatic heterocycles. The standard InChI is InChI=1S/C12H16N2O4S/c1-2-13-19(17,18)14-8-4-6-9-10(12(15)16)5-3-7-11(9)14/h3,5,7,13H,2,4,6,8H2,1H3,(H,15,16). The second-order valence-corrected chi connectivity index (χ2v) is 5.97. The monoisotopic (exact) mass is 284 g/mol. The van der Waals surface area contributed by atoms with Gasteiger partial charge >= 0.3 is 16.2 Å². The van der Waals surface area contributed by atoms with Crippen molar-refractivity contribution in [2.75, 3.05) is 17.4 Å². The zero-order valence-corrected chi connectivity index (χ0v) is 11.4. The molecule has 1 heterocycles. The van der Waals surface area contributed by atoms with E-state index in [1.807, 2.05) is 0 Å². The van der Waals surface area contributed by atoms with Gasteiger partial charge in [0.15, 0.2) is 0 Å². The van der Waals surface area contributed by atoms with Gasteiger partial charge in [0.05, 0.1) is 11.3 Å². The first kappa shape index (κ1) is 13.8. The predicted octanol–water partition coefficient (Wildman–Crippen LogP) is 0.992. The number of carboxylic acids is 1. The van der Waals surface area contributed by atoms with Gasteiger partial charge in [-0.15, -0.1) is 0 Å². The lowest BCUT2D eigenvalue weighted by molar-refractivity contribution is 0.0695. The molecule has 2 N–H and O–H groups in total. The second-order valence-electron chi connectivity index (χ2n) is 4.29. The van der Waals surface area contributed by atoms with E-state index in [0.717, 1.165) is 0 Å². The molecule has 0 atom stereocenters. The smallest absolute Gasteiger partial charge is 0.336 e. The molecule has 1 aliphatic rings. The van der Waals surface area contributed by atoms with E-state index in [-0.39, 0.29) is 5.56 Å². The number of nitrogens with zero attached hydrogens (tertiary/aromatic N) is 1. The lowest BCUT2D eigenvalue weighted by atomic mass is 9.98. The quantitative estimate of drug-likeness (QED) is 0.863. The molecule has 0 radical (unpaired) electrons. The van der Waals surface area contributed by atoms with E-state index < -0.39 is 16.2 Å². The molecule has 0 aliphatic carbocycles. The average molecular weight is 284 g/mol. The maximum Gasteiger partial charge on any atom is 0.336 e. The molecule has 1 aliphatic heterocycles. The fourth-order valence-corrected chi connectivity index (χ4v) is 3.62. The van der Waals surface area contributed by atoms with Gasteiger partial charge in [-0.2, -0.15) is 13.1 Å². The lowest BCUT2D eigenvalue weighted by Crippen LogP contribution is -2.43. The maximum atomic E-state index is 12.1. The molecule has 0 amide bonds. The van der Waals surface area contributed by atoms with E-state index >= 15 is 0 Å². The number of carbonyl (C=O) groups is 1. The van der Waals surface area contributed by atoms with Crippen LogP contribution in [0.3, 0.4) is 0 Å². The van der Waals surface area contributed by atoms with Gasteiger partial charge < -0.3 is 5.11 Å². The summed E-state index contributed by atoms with van der Waals surface area (Å²) in [5.41, 5.74) is 1.23. The van der Waals surface area contributed by atoms with E-state index in [2.05, 4.69) is 4.72 Å². The van der Waals surface area contributed by atoms with Crippen molar-refractivity contribution in [2.45, 2.75) is 19.8 Å². The Morgan fingerprint density at radius 2 is 2.21 bits per heavy atom. The molecule has 0 fully saturated rings. The zero-order chi connectivity index (χ0) is 14.0. The zero-order valence-electron chi connectivity index (χ0n) is 10.6. The van der Waals surface area contributed by atoms with E-state index in [9.17, 15) is 13.2 Å². The summed E-state index contributed by atoms with van der Waals surface area (Å²) in [6, 6.07) is 4.72. The molecule has 7 heteroatoms. The molecule has 6 nitrogen and oxygen atoms in total. The van der Waals surface area contributed by atoms with Crippen LogP contribution < -0.4 is 9.03 Å². The van der Waals surface area contributed by atoms with Crippen molar-refractivity contribution < 1.29 is 18.3 Å². The Hall–Kier alpha value is -1.60. The molecule has 2 rings (SSSR count). The number of hydrogen-bond donors (Lipinski definition) is 2. The molecule has 1 aromatic rings. The van der Waals surface area contributed by atoms with Crippen LogP contribution in [-0.4, -0.2) is 32.6 Å². The summed E-state index contributed by atoms with van der Waals surface area (Å²) in [6.07, 6.45) is 1.19. The SMILES string of the molecule is CCNS(=O)(=O)N1CCCc2c(C(=O)O)cccc21. The summed E-state index contributed by atoms with van der Waals surface area (Å²) in [5.74, 6) is -1.03. The van der Waals surface area contributed by atoms with Crippen molar-refractivity contribution in [2.24, 2.45) is 0 Å². The van der Waals surface area contributed by atoms with Gasteiger partial charge in [-0.3, -0.25) is 4.31 Å². The average Bonchev–Trinajstić information content (AvgIpc) is 2.37. The number of rotatable bonds is 4. The van der Waals surface area contributed by atoms with Crippen LogP contribution in [0, 0.1) is 0 Å². The highest BCUT2D eigenvalue weighted by Crippen LogP contribution is 2.31. The molecule has 0 unspecified atom stereocenters. The largest absolute Gasteiger partial charge is 0.478 e. The van der Waals surface area contributed by atoms with Gasteiger partial charge in [-0.25, -0.2) is 4.79 Å². The minimum absolute atomic E-state index is 0.175. The first-order valence-electron chi connectivity index (χ1n) is 6.10. The molecule has 0 saturated heterocycles. The number of fused-ring (bicyclic) bond motifs is 1. The van der Waals surface area contributed by atoms with Crippen molar-refractivity contribution in [3.63, 3.8) is 0 Å². The maximum absolute atomic E-state index is 12.1. The Kier molecular flexibility index (Phi) is 3.77. The van der Waals surface area contributed by atoms with Crippen LogP contribution in [0.1, 0.15) is 29.3 Å². The van der Waals surface area contributed by atoms with Gasteiger partial charge in [0.1, 0.15) is 0 Å². The van der Waals surface area contributed by atoms with Crippen LogP contribution in [0.15, 0.2) is 18.2 Å². The van der Waals surface area contributed by atoms with Crippen molar-refractivity contribution in [3.05, 3.63) is 29.3 Å². The number of carboxylic acid groups (broad SMARTS) is 1. The van der Waals surface area contributed by atoms with E-state index in [4.69, 9.17) is 5.11 Å². The highest BCUT2D eigenvalue weighted by Gasteiger charge is 2.29. The normalized spacial score (nSPS) is 15.1. The molecule has 104 valence electrons. The summed E-state index contributed by atoms with van der Waals surface area (Å²) < 4.78 is 27.9. The first-order valence-corrected chi connectivity index (χ1v) is 7.54. The molecule has 19 heavy (non-hydrogen) atoms. The molecule has 0 spiro atoms. The Morgan fingerprint density at radius 3 is 2.84 bits per heavy atom. The van der Waals surface area contributed by atoms with Crippen molar-refractivity contribution >= 4 is 21.9 Å². The summed E-state index contributed by atoms with van der Waals surface area (Å²) in [6.45, 7) is 2.37. The van der Waals surface area contributed by atoms with Gasteiger partial charge in [0.2, 0.25) is 0 Å². The topological polar surface area (TPSA) is 86.7 Å². The molecule has 1 aromatic carbocycles. The summed E-state index contributed by atoms with van der Waals surface area (Å²) in [4.78, 5) is 11.2. The number of hydrogen-bond acceptors (Lipinski definition) is 3. The Morgan fingerprint density at radius 1 is 1.47 bits per heavy atom. The van der Waals surface area contributed by atoms with E-state index in [1.165, 1.54) is 10.4 Å². The summed E-state index contributed by atoms with van der Waals surface area (Å²) in [5, 5.41) is 9.15.